The lowest BCUT2D eigenvalue weighted by molar-refractivity contribution is 0.0552. The molecule has 0 amide bonds. The topological polar surface area (TPSA) is 35.2 Å². The van der Waals surface area contributed by atoms with Gasteiger partial charge in [0, 0.05) is 19.3 Å². The molecule has 2 N–H and O–H groups in total. The van der Waals surface area contributed by atoms with Crippen molar-refractivity contribution in [3.8, 4) is 0 Å². The predicted molar refractivity (Wildman–Crippen MR) is 67.3 cm³/mol. The van der Waals surface area contributed by atoms with Crippen molar-refractivity contribution < 1.29 is 4.74 Å². The molecule has 0 spiro atoms. The van der Waals surface area contributed by atoms with Gasteiger partial charge in [0.15, 0.2) is 0 Å². The van der Waals surface area contributed by atoms with Crippen LogP contribution in [-0.4, -0.2) is 19.3 Å². The van der Waals surface area contributed by atoms with Crippen molar-refractivity contribution in [2.75, 3.05) is 13.2 Å². The summed E-state index contributed by atoms with van der Waals surface area (Å²) in [6.07, 6.45) is 12.3. The fourth-order valence-corrected chi connectivity index (χ4v) is 3.32. The molecular formula is C14H27NO. The summed E-state index contributed by atoms with van der Waals surface area (Å²) in [7, 11) is 0. The van der Waals surface area contributed by atoms with Crippen LogP contribution in [0.2, 0.25) is 0 Å². The van der Waals surface area contributed by atoms with Crippen molar-refractivity contribution in [3.63, 3.8) is 0 Å². The summed E-state index contributed by atoms with van der Waals surface area (Å²) in [4.78, 5) is 0. The van der Waals surface area contributed by atoms with Gasteiger partial charge in [-0.25, -0.2) is 0 Å². The second kappa shape index (κ2) is 6.61. The normalized spacial score (nSPS) is 27.6. The summed E-state index contributed by atoms with van der Waals surface area (Å²) in [5.74, 6) is 1.65. The summed E-state index contributed by atoms with van der Waals surface area (Å²) in [6.45, 7) is 1.87. The molecule has 2 aliphatic rings. The van der Waals surface area contributed by atoms with E-state index < -0.39 is 0 Å². The monoisotopic (exact) mass is 225 g/mol. The van der Waals surface area contributed by atoms with E-state index in [9.17, 15) is 0 Å². The summed E-state index contributed by atoms with van der Waals surface area (Å²) < 4.78 is 5.40. The Morgan fingerprint density at radius 2 is 1.56 bits per heavy atom. The molecule has 1 aliphatic heterocycles. The summed E-state index contributed by atoms with van der Waals surface area (Å²) in [6, 6.07) is 0.437. The summed E-state index contributed by atoms with van der Waals surface area (Å²) in [5.41, 5.74) is 6.37. The Hall–Kier alpha value is -0.0800. The minimum atomic E-state index is 0.437. The molecule has 1 atom stereocenters. The molecule has 0 aromatic heterocycles. The van der Waals surface area contributed by atoms with E-state index in [2.05, 4.69) is 0 Å². The molecule has 1 unspecified atom stereocenters. The molecule has 1 saturated carbocycles. The molecule has 94 valence electrons. The zero-order chi connectivity index (χ0) is 11.2. The largest absolute Gasteiger partial charge is 0.381 e. The van der Waals surface area contributed by atoms with E-state index in [1.165, 1.54) is 57.8 Å². The highest BCUT2D eigenvalue weighted by atomic mass is 16.5. The first-order valence-corrected chi connectivity index (χ1v) is 7.19. The SMILES string of the molecule is NC(CC1CCCCCC1)C1CCOCC1. The van der Waals surface area contributed by atoms with Gasteiger partial charge in [-0.3, -0.25) is 0 Å². The van der Waals surface area contributed by atoms with Gasteiger partial charge in [0.05, 0.1) is 0 Å². The molecule has 1 heterocycles. The third-order valence-corrected chi connectivity index (χ3v) is 4.45. The third kappa shape index (κ3) is 3.74. The van der Waals surface area contributed by atoms with Crippen molar-refractivity contribution in [1.82, 2.24) is 0 Å². The Kier molecular flexibility index (Phi) is 5.11. The Morgan fingerprint density at radius 3 is 2.19 bits per heavy atom. The van der Waals surface area contributed by atoms with Gasteiger partial charge >= 0.3 is 0 Å². The molecule has 16 heavy (non-hydrogen) atoms. The van der Waals surface area contributed by atoms with Crippen LogP contribution in [0.5, 0.6) is 0 Å². The van der Waals surface area contributed by atoms with Crippen LogP contribution in [0.15, 0.2) is 0 Å². The zero-order valence-corrected chi connectivity index (χ0v) is 10.5. The zero-order valence-electron chi connectivity index (χ0n) is 10.5. The Labute approximate surface area is 99.9 Å². The maximum Gasteiger partial charge on any atom is 0.0469 e. The predicted octanol–water partition coefficient (Wildman–Crippen LogP) is 3.10. The maximum absolute atomic E-state index is 6.37. The molecule has 2 nitrogen and oxygen atoms in total. The molecule has 2 fully saturated rings. The molecule has 0 aromatic rings. The fraction of sp³-hybridized carbons (Fsp3) is 1.00. The highest BCUT2D eigenvalue weighted by Crippen LogP contribution is 2.29. The van der Waals surface area contributed by atoms with Gasteiger partial charge in [-0.2, -0.15) is 0 Å². The van der Waals surface area contributed by atoms with Crippen LogP contribution in [0.4, 0.5) is 0 Å². The van der Waals surface area contributed by atoms with E-state index in [1.807, 2.05) is 0 Å². The number of rotatable bonds is 3. The van der Waals surface area contributed by atoms with Gasteiger partial charge in [0.1, 0.15) is 0 Å². The van der Waals surface area contributed by atoms with Crippen molar-refractivity contribution >= 4 is 0 Å². The first-order valence-electron chi connectivity index (χ1n) is 7.19. The van der Waals surface area contributed by atoms with Gasteiger partial charge in [-0.05, 0) is 31.1 Å². The van der Waals surface area contributed by atoms with Crippen LogP contribution in [0.3, 0.4) is 0 Å². The fourth-order valence-electron chi connectivity index (χ4n) is 3.32. The minimum Gasteiger partial charge on any atom is -0.381 e. The third-order valence-electron chi connectivity index (χ3n) is 4.45. The first kappa shape index (κ1) is 12.4. The minimum absolute atomic E-state index is 0.437. The highest BCUT2D eigenvalue weighted by Gasteiger charge is 2.24. The number of ether oxygens (including phenoxy) is 1. The molecule has 2 rings (SSSR count). The maximum atomic E-state index is 6.37. The Morgan fingerprint density at radius 1 is 0.938 bits per heavy atom. The number of hydrogen-bond acceptors (Lipinski definition) is 2. The standard InChI is InChI=1S/C14H27NO/c15-14(13-7-9-16-10-8-13)11-12-5-3-1-2-4-6-12/h12-14H,1-11,15H2. The van der Waals surface area contributed by atoms with Gasteiger partial charge in [-0.1, -0.05) is 38.5 Å². The molecular weight excluding hydrogens is 198 g/mol. The summed E-state index contributed by atoms with van der Waals surface area (Å²) in [5, 5.41) is 0. The number of nitrogens with two attached hydrogens (primary N) is 1. The van der Waals surface area contributed by atoms with Crippen LogP contribution in [-0.2, 0) is 4.74 Å². The van der Waals surface area contributed by atoms with E-state index >= 15 is 0 Å². The molecule has 0 radical (unpaired) electrons. The van der Waals surface area contributed by atoms with Crippen molar-refractivity contribution in [1.29, 1.82) is 0 Å². The van der Waals surface area contributed by atoms with E-state index in [1.54, 1.807) is 0 Å². The van der Waals surface area contributed by atoms with Gasteiger partial charge in [-0.15, -0.1) is 0 Å². The molecule has 1 saturated heterocycles. The summed E-state index contributed by atoms with van der Waals surface area (Å²) >= 11 is 0. The van der Waals surface area contributed by atoms with Crippen LogP contribution in [0.1, 0.15) is 57.8 Å². The van der Waals surface area contributed by atoms with Crippen molar-refractivity contribution in [2.45, 2.75) is 63.8 Å². The second-order valence-corrected chi connectivity index (χ2v) is 5.71. The Balaban J connectivity index is 1.73. The van der Waals surface area contributed by atoms with Crippen LogP contribution in [0.25, 0.3) is 0 Å². The van der Waals surface area contributed by atoms with Crippen molar-refractivity contribution in [2.24, 2.45) is 17.6 Å². The smallest absolute Gasteiger partial charge is 0.0469 e. The molecule has 1 aliphatic carbocycles. The van der Waals surface area contributed by atoms with Gasteiger partial charge < -0.3 is 10.5 Å². The van der Waals surface area contributed by atoms with Gasteiger partial charge in [0.2, 0.25) is 0 Å². The van der Waals surface area contributed by atoms with Crippen LogP contribution in [0, 0.1) is 11.8 Å². The lowest BCUT2D eigenvalue weighted by atomic mass is 9.84. The first-order chi connectivity index (χ1) is 7.86. The lowest BCUT2D eigenvalue weighted by Crippen LogP contribution is -2.35. The van der Waals surface area contributed by atoms with E-state index in [-0.39, 0.29) is 0 Å². The molecule has 2 heteroatoms. The van der Waals surface area contributed by atoms with Gasteiger partial charge in [0.25, 0.3) is 0 Å². The van der Waals surface area contributed by atoms with Crippen LogP contribution >= 0.6 is 0 Å². The highest BCUT2D eigenvalue weighted by molar-refractivity contribution is 4.79. The lowest BCUT2D eigenvalue weighted by Gasteiger charge is -2.30. The quantitative estimate of drug-likeness (QED) is 0.749. The number of hydrogen-bond donors (Lipinski definition) is 1. The average molecular weight is 225 g/mol. The Bertz CT molecular complexity index is 181. The average Bonchev–Trinajstić information content (AvgIpc) is 2.59. The van der Waals surface area contributed by atoms with Crippen molar-refractivity contribution in [3.05, 3.63) is 0 Å². The molecule has 0 bridgehead atoms. The van der Waals surface area contributed by atoms with Crippen LogP contribution < -0.4 is 5.73 Å². The van der Waals surface area contributed by atoms with E-state index in [0.29, 0.717) is 6.04 Å². The van der Waals surface area contributed by atoms with E-state index in [4.69, 9.17) is 10.5 Å². The van der Waals surface area contributed by atoms with E-state index in [0.717, 1.165) is 25.0 Å². The molecule has 0 aromatic carbocycles. The second-order valence-electron chi connectivity index (χ2n) is 5.71.